The lowest BCUT2D eigenvalue weighted by Crippen LogP contribution is -2.42. The standard InChI is InChI=1S/C18H22N4O3S/c1-3-7-14-10-15(23)21-18(20-14)26-12(2)16(24)22-17(25)19-11-13-8-5-4-6-9-13/h4-6,8-10,12H,3,7,11H2,1-2H3,(H,20,21,23)(H2,19,22,24,25). The van der Waals surface area contributed by atoms with Gasteiger partial charge in [-0.15, -0.1) is 0 Å². The summed E-state index contributed by atoms with van der Waals surface area (Å²) in [6, 6.07) is 10.3. The van der Waals surface area contributed by atoms with E-state index in [0.29, 0.717) is 23.8 Å². The molecule has 0 saturated heterocycles. The summed E-state index contributed by atoms with van der Waals surface area (Å²) >= 11 is 1.10. The second-order valence-corrected chi connectivity index (χ2v) is 7.04. The van der Waals surface area contributed by atoms with E-state index in [0.717, 1.165) is 23.7 Å². The molecule has 2 rings (SSSR count). The van der Waals surface area contributed by atoms with E-state index in [1.54, 1.807) is 6.92 Å². The highest BCUT2D eigenvalue weighted by Gasteiger charge is 2.18. The number of aryl methyl sites for hydroxylation is 1. The number of H-pyrrole nitrogens is 1. The molecule has 7 nitrogen and oxygen atoms in total. The number of amides is 3. The van der Waals surface area contributed by atoms with E-state index in [-0.39, 0.29) is 5.56 Å². The molecule has 0 aliphatic carbocycles. The van der Waals surface area contributed by atoms with E-state index in [1.807, 2.05) is 37.3 Å². The molecule has 0 bridgehead atoms. The van der Waals surface area contributed by atoms with Crippen molar-refractivity contribution in [2.75, 3.05) is 0 Å². The normalized spacial score (nSPS) is 11.6. The monoisotopic (exact) mass is 374 g/mol. The molecule has 3 N–H and O–H groups in total. The Morgan fingerprint density at radius 3 is 2.69 bits per heavy atom. The van der Waals surface area contributed by atoms with Crippen LogP contribution in [-0.4, -0.2) is 27.2 Å². The Balaban J connectivity index is 1.87. The quantitative estimate of drug-likeness (QED) is 0.509. The fourth-order valence-electron chi connectivity index (χ4n) is 2.18. The summed E-state index contributed by atoms with van der Waals surface area (Å²) in [6.07, 6.45) is 1.57. The first-order valence-electron chi connectivity index (χ1n) is 8.37. The van der Waals surface area contributed by atoms with E-state index in [4.69, 9.17) is 0 Å². The van der Waals surface area contributed by atoms with Gasteiger partial charge < -0.3 is 10.3 Å². The zero-order chi connectivity index (χ0) is 18.9. The molecule has 0 fully saturated rings. The summed E-state index contributed by atoms with van der Waals surface area (Å²) < 4.78 is 0. The van der Waals surface area contributed by atoms with Crippen molar-refractivity contribution in [3.05, 3.63) is 58.0 Å². The summed E-state index contributed by atoms with van der Waals surface area (Å²) in [7, 11) is 0. The van der Waals surface area contributed by atoms with Crippen LogP contribution in [0, 0.1) is 0 Å². The number of nitrogens with zero attached hydrogens (tertiary/aromatic N) is 1. The number of aromatic nitrogens is 2. The number of carbonyl (C=O) groups excluding carboxylic acids is 2. The van der Waals surface area contributed by atoms with Crippen LogP contribution >= 0.6 is 11.8 Å². The summed E-state index contributed by atoms with van der Waals surface area (Å²) in [5.41, 5.74) is 1.37. The maximum Gasteiger partial charge on any atom is 0.321 e. The largest absolute Gasteiger partial charge is 0.334 e. The minimum Gasteiger partial charge on any atom is -0.334 e. The molecule has 1 heterocycles. The molecule has 1 aromatic carbocycles. The Kier molecular flexibility index (Phi) is 7.40. The zero-order valence-electron chi connectivity index (χ0n) is 14.7. The highest BCUT2D eigenvalue weighted by molar-refractivity contribution is 8.00. The number of imide groups is 1. The Labute approximate surface area is 156 Å². The van der Waals surface area contributed by atoms with E-state index >= 15 is 0 Å². The van der Waals surface area contributed by atoms with Gasteiger partial charge in [0.2, 0.25) is 5.91 Å². The fraction of sp³-hybridized carbons (Fsp3) is 0.333. The first-order chi connectivity index (χ1) is 12.5. The van der Waals surface area contributed by atoms with Gasteiger partial charge in [-0.1, -0.05) is 55.4 Å². The number of benzene rings is 1. The average molecular weight is 374 g/mol. The van der Waals surface area contributed by atoms with Crippen LogP contribution in [0.25, 0.3) is 0 Å². The number of aromatic amines is 1. The van der Waals surface area contributed by atoms with Gasteiger partial charge in [0.1, 0.15) is 0 Å². The van der Waals surface area contributed by atoms with Gasteiger partial charge in [0.05, 0.1) is 5.25 Å². The third kappa shape index (κ3) is 6.36. The first kappa shape index (κ1) is 19.7. The molecule has 3 amide bonds. The maximum absolute atomic E-state index is 12.2. The number of hydrogen-bond acceptors (Lipinski definition) is 5. The second kappa shape index (κ2) is 9.76. The third-order valence-electron chi connectivity index (χ3n) is 3.47. The number of thioether (sulfide) groups is 1. The molecule has 0 aliphatic rings. The van der Waals surface area contributed by atoms with E-state index in [2.05, 4.69) is 20.6 Å². The first-order valence-corrected chi connectivity index (χ1v) is 9.25. The lowest BCUT2D eigenvalue weighted by molar-refractivity contribution is -0.119. The van der Waals surface area contributed by atoms with Gasteiger partial charge in [-0.25, -0.2) is 9.78 Å². The molecule has 0 radical (unpaired) electrons. The summed E-state index contributed by atoms with van der Waals surface area (Å²) in [4.78, 5) is 42.6. The van der Waals surface area contributed by atoms with E-state index in [1.165, 1.54) is 6.07 Å². The highest BCUT2D eigenvalue weighted by atomic mass is 32.2. The second-order valence-electron chi connectivity index (χ2n) is 5.71. The Morgan fingerprint density at radius 2 is 2.00 bits per heavy atom. The molecule has 0 aliphatic heterocycles. The van der Waals surface area contributed by atoms with Gasteiger partial charge in [-0.2, -0.15) is 0 Å². The number of rotatable bonds is 7. The van der Waals surface area contributed by atoms with Gasteiger partial charge in [-0.3, -0.25) is 14.9 Å². The fourth-order valence-corrected chi connectivity index (χ4v) is 3.01. The number of urea groups is 1. The third-order valence-corrected chi connectivity index (χ3v) is 4.45. The van der Waals surface area contributed by atoms with E-state index in [9.17, 15) is 14.4 Å². The molecular formula is C18H22N4O3S. The Hall–Kier alpha value is -2.61. The number of carbonyl (C=O) groups is 2. The zero-order valence-corrected chi connectivity index (χ0v) is 15.6. The van der Waals surface area contributed by atoms with Crippen LogP contribution in [0.15, 0.2) is 46.3 Å². The van der Waals surface area contributed by atoms with Crippen molar-refractivity contribution >= 4 is 23.7 Å². The highest BCUT2D eigenvalue weighted by Crippen LogP contribution is 2.18. The average Bonchev–Trinajstić information content (AvgIpc) is 2.60. The topological polar surface area (TPSA) is 104 Å². The van der Waals surface area contributed by atoms with Crippen LogP contribution in [0.2, 0.25) is 0 Å². The SMILES string of the molecule is CCCc1cc(=O)[nH]c(SC(C)C(=O)NC(=O)NCc2ccccc2)n1. The number of nitrogens with one attached hydrogen (secondary N) is 3. The lowest BCUT2D eigenvalue weighted by Gasteiger charge is -2.12. The van der Waals surface area contributed by atoms with Crippen LogP contribution in [0.5, 0.6) is 0 Å². The Morgan fingerprint density at radius 1 is 1.27 bits per heavy atom. The molecule has 0 spiro atoms. The summed E-state index contributed by atoms with van der Waals surface area (Å²) in [5.74, 6) is -0.455. The van der Waals surface area contributed by atoms with Gasteiger partial charge in [0.15, 0.2) is 5.16 Å². The smallest absolute Gasteiger partial charge is 0.321 e. The lowest BCUT2D eigenvalue weighted by atomic mass is 10.2. The van der Waals surface area contributed by atoms with Crippen LogP contribution in [0.3, 0.4) is 0 Å². The predicted molar refractivity (Wildman–Crippen MR) is 101 cm³/mol. The van der Waals surface area contributed by atoms with Crippen LogP contribution in [-0.2, 0) is 17.8 Å². The van der Waals surface area contributed by atoms with Gasteiger partial charge in [0.25, 0.3) is 5.56 Å². The summed E-state index contributed by atoms with van der Waals surface area (Å²) in [5, 5.41) is 4.71. The predicted octanol–water partition coefficient (Wildman–Crippen LogP) is 2.23. The Bertz CT molecular complexity index is 808. The van der Waals surface area contributed by atoms with Crippen molar-refractivity contribution in [3.63, 3.8) is 0 Å². The van der Waals surface area contributed by atoms with Crippen molar-refractivity contribution in [1.82, 2.24) is 20.6 Å². The minimum atomic E-state index is -0.586. The van der Waals surface area contributed by atoms with Crippen molar-refractivity contribution in [2.45, 2.75) is 43.6 Å². The molecule has 2 aromatic rings. The van der Waals surface area contributed by atoms with Crippen LogP contribution in [0.4, 0.5) is 4.79 Å². The number of hydrogen-bond donors (Lipinski definition) is 3. The van der Waals surface area contributed by atoms with Crippen molar-refractivity contribution < 1.29 is 9.59 Å². The molecule has 138 valence electrons. The van der Waals surface area contributed by atoms with Crippen molar-refractivity contribution in [3.8, 4) is 0 Å². The molecule has 1 atom stereocenters. The van der Waals surface area contributed by atoms with Crippen molar-refractivity contribution in [2.24, 2.45) is 0 Å². The molecule has 1 unspecified atom stereocenters. The van der Waals surface area contributed by atoms with Crippen molar-refractivity contribution in [1.29, 1.82) is 0 Å². The van der Waals surface area contributed by atoms with Gasteiger partial charge >= 0.3 is 6.03 Å². The van der Waals surface area contributed by atoms with Crippen LogP contribution < -0.4 is 16.2 Å². The molecular weight excluding hydrogens is 352 g/mol. The van der Waals surface area contributed by atoms with Gasteiger partial charge in [0, 0.05) is 18.3 Å². The molecule has 0 saturated carbocycles. The maximum atomic E-state index is 12.2. The molecule has 26 heavy (non-hydrogen) atoms. The van der Waals surface area contributed by atoms with E-state index < -0.39 is 17.2 Å². The van der Waals surface area contributed by atoms with Crippen LogP contribution in [0.1, 0.15) is 31.5 Å². The minimum absolute atomic E-state index is 0.251. The molecule has 1 aromatic heterocycles. The molecule has 8 heteroatoms. The summed E-state index contributed by atoms with van der Waals surface area (Å²) in [6.45, 7) is 3.98. The van der Waals surface area contributed by atoms with Gasteiger partial charge in [-0.05, 0) is 18.9 Å².